The van der Waals surface area contributed by atoms with Crippen LogP contribution in [-0.4, -0.2) is 50.0 Å². The largest absolute Gasteiger partial charge is 0.508 e. The fourth-order valence-electron chi connectivity index (χ4n) is 2.56. The molecule has 0 unspecified atom stereocenters. The van der Waals surface area contributed by atoms with Gasteiger partial charge in [0.05, 0.1) is 13.8 Å². The van der Waals surface area contributed by atoms with Gasteiger partial charge >= 0.3 is 0 Å². The van der Waals surface area contributed by atoms with Crippen molar-refractivity contribution in [3.8, 4) is 11.5 Å². The zero-order chi connectivity index (χ0) is 13.7. The average molecular weight is 305 g/mol. The number of halogens is 2. The van der Waals surface area contributed by atoms with Crippen molar-refractivity contribution in [1.29, 1.82) is 0 Å². The maximum atomic E-state index is 12.8. The van der Waals surface area contributed by atoms with E-state index in [4.69, 9.17) is 4.74 Å². The SMILES string of the molecule is COc1ccc(O)c([C@@H](CCF)N2CCNCC2)c1.Cl. The van der Waals surface area contributed by atoms with E-state index in [9.17, 15) is 9.50 Å². The Morgan fingerprint density at radius 2 is 2.10 bits per heavy atom. The molecule has 1 aromatic carbocycles. The summed E-state index contributed by atoms with van der Waals surface area (Å²) in [5.41, 5.74) is 0.749. The third-order valence-electron chi connectivity index (χ3n) is 3.57. The number of hydrogen-bond donors (Lipinski definition) is 2. The highest BCUT2D eigenvalue weighted by atomic mass is 35.5. The van der Waals surface area contributed by atoms with Gasteiger partial charge in [-0.1, -0.05) is 0 Å². The Labute approximate surface area is 125 Å². The lowest BCUT2D eigenvalue weighted by Crippen LogP contribution is -2.45. The number of nitrogens with one attached hydrogen (secondary N) is 1. The zero-order valence-corrected chi connectivity index (χ0v) is 12.5. The lowest BCUT2D eigenvalue weighted by molar-refractivity contribution is 0.155. The van der Waals surface area contributed by atoms with Crippen LogP contribution >= 0.6 is 12.4 Å². The predicted octanol–water partition coefficient (Wildman–Crippen LogP) is 2.13. The first-order valence-electron chi connectivity index (χ1n) is 6.64. The molecule has 0 amide bonds. The van der Waals surface area contributed by atoms with Crippen LogP contribution in [0.3, 0.4) is 0 Å². The number of alkyl halides is 1. The Hall–Kier alpha value is -1.04. The zero-order valence-electron chi connectivity index (χ0n) is 11.6. The summed E-state index contributed by atoms with van der Waals surface area (Å²) in [4.78, 5) is 2.21. The molecule has 1 heterocycles. The summed E-state index contributed by atoms with van der Waals surface area (Å²) in [7, 11) is 1.59. The van der Waals surface area contributed by atoms with Gasteiger partial charge in [0.15, 0.2) is 0 Å². The van der Waals surface area contributed by atoms with E-state index in [2.05, 4.69) is 10.2 Å². The number of methoxy groups -OCH3 is 1. The van der Waals surface area contributed by atoms with E-state index in [1.165, 1.54) is 0 Å². The first-order valence-corrected chi connectivity index (χ1v) is 6.64. The summed E-state index contributed by atoms with van der Waals surface area (Å²) in [5, 5.41) is 13.3. The number of ether oxygens (including phenoxy) is 1. The molecule has 1 aromatic rings. The predicted molar refractivity (Wildman–Crippen MR) is 79.7 cm³/mol. The van der Waals surface area contributed by atoms with Gasteiger partial charge in [0.2, 0.25) is 0 Å². The molecule has 1 saturated heterocycles. The number of aromatic hydroxyl groups is 1. The maximum absolute atomic E-state index is 12.8. The van der Waals surface area contributed by atoms with Gasteiger partial charge in [-0.2, -0.15) is 0 Å². The van der Waals surface area contributed by atoms with Crippen molar-refractivity contribution < 1.29 is 14.2 Å². The van der Waals surface area contributed by atoms with E-state index in [-0.39, 0.29) is 24.2 Å². The Bertz CT molecular complexity index is 414. The van der Waals surface area contributed by atoms with Crippen LogP contribution in [0.15, 0.2) is 18.2 Å². The lowest BCUT2D eigenvalue weighted by Gasteiger charge is -2.35. The van der Waals surface area contributed by atoms with Crippen LogP contribution in [0.5, 0.6) is 11.5 Å². The monoisotopic (exact) mass is 304 g/mol. The van der Waals surface area contributed by atoms with Crippen molar-refractivity contribution in [2.24, 2.45) is 0 Å². The number of phenolic OH excluding ortho intramolecular Hbond substituents is 1. The van der Waals surface area contributed by atoms with E-state index in [0.29, 0.717) is 12.2 Å². The molecule has 1 fully saturated rings. The number of piperazine rings is 1. The van der Waals surface area contributed by atoms with Gasteiger partial charge < -0.3 is 15.2 Å². The van der Waals surface area contributed by atoms with Crippen molar-refractivity contribution in [1.82, 2.24) is 10.2 Å². The average Bonchev–Trinajstić information content (AvgIpc) is 2.47. The third kappa shape index (κ3) is 3.98. The standard InChI is InChI=1S/C14H21FN2O2.ClH/c1-19-11-2-3-14(18)12(10-11)13(4-5-15)17-8-6-16-7-9-17;/h2-3,10,13,16,18H,4-9H2,1H3;1H/t13-;/m1./s1. The minimum absolute atomic E-state index is 0. The molecular weight excluding hydrogens is 283 g/mol. The molecule has 0 aliphatic carbocycles. The van der Waals surface area contributed by atoms with Gasteiger partial charge in [-0.3, -0.25) is 9.29 Å². The van der Waals surface area contributed by atoms with Gasteiger partial charge in [0.25, 0.3) is 0 Å². The maximum Gasteiger partial charge on any atom is 0.120 e. The van der Waals surface area contributed by atoms with Crippen molar-refractivity contribution in [2.45, 2.75) is 12.5 Å². The lowest BCUT2D eigenvalue weighted by atomic mass is 10.00. The van der Waals surface area contributed by atoms with Crippen LogP contribution in [0.1, 0.15) is 18.0 Å². The summed E-state index contributed by atoms with van der Waals surface area (Å²) < 4.78 is 18.0. The number of hydrogen-bond acceptors (Lipinski definition) is 4. The topological polar surface area (TPSA) is 44.7 Å². The van der Waals surface area contributed by atoms with Crippen molar-refractivity contribution in [3.05, 3.63) is 23.8 Å². The van der Waals surface area contributed by atoms with E-state index in [1.54, 1.807) is 25.3 Å². The molecule has 0 spiro atoms. The fourth-order valence-corrected chi connectivity index (χ4v) is 2.56. The molecule has 4 nitrogen and oxygen atoms in total. The van der Waals surface area contributed by atoms with Gasteiger partial charge in [0, 0.05) is 37.8 Å². The second-order valence-electron chi connectivity index (χ2n) is 4.70. The summed E-state index contributed by atoms with van der Waals surface area (Å²) in [6.07, 6.45) is 0.390. The highest BCUT2D eigenvalue weighted by Crippen LogP contribution is 2.34. The Balaban J connectivity index is 0.00000200. The van der Waals surface area contributed by atoms with E-state index < -0.39 is 6.67 Å². The van der Waals surface area contributed by atoms with Crippen LogP contribution in [0.2, 0.25) is 0 Å². The summed E-state index contributed by atoms with van der Waals surface area (Å²) in [6.45, 7) is 3.12. The minimum atomic E-state index is -0.398. The second kappa shape index (κ2) is 8.29. The van der Waals surface area contributed by atoms with Crippen LogP contribution in [0, 0.1) is 0 Å². The van der Waals surface area contributed by atoms with Gasteiger partial charge in [-0.25, -0.2) is 0 Å². The smallest absolute Gasteiger partial charge is 0.120 e. The van der Waals surface area contributed by atoms with Gasteiger partial charge in [0.1, 0.15) is 11.5 Å². The highest BCUT2D eigenvalue weighted by Gasteiger charge is 2.24. The molecule has 0 radical (unpaired) electrons. The van der Waals surface area contributed by atoms with Crippen molar-refractivity contribution in [2.75, 3.05) is 40.0 Å². The van der Waals surface area contributed by atoms with E-state index >= 15 is 0 Å². The van der Waals surface area contributed by atoms with Crippen molar-refractivity contribution in [3.63, 3.8) is 0 Å². The highest BCUT2D eigenvalue weighted by molar-refractivity contribution is 5.85. The molecule has 6 heteroatoms. The first kappa shape index (κ1) is 17.0. The molecule has 0 saturated carbocycles. The summed E-state index contributed by atoms with van der Waals surface area (Å²) in [6, 6.07) is 5.03. The molecular formula is C14H22ClFN2O2. The number of benzene rings is 1. The number of nitrogens with zero attached hydrogens (tertiary/aromatic N) is 1. The molecule has 20 heavy (non-hydrogen) atoms. The minimum Gasteiger partial charge on any atom is -0.508 e. The molecule has 0 aromatic heterocycles. The van der Waals surface area contributed by atoms with Crippen molar-refractivity contribution >= 4 is 12.4 Å². The molecule has 0 bridgehead atoms. The van der Waals surface area contributed by atoms with Gasteiger partial charge in [-0.05, 0) is 24.6 Å². The molecule has 2 N–H and O–H groups in total. The Morgan fingerprint density at radius 1 is 1.40 bits per heavy atom. The molecule has 1 atom stereocenters. The molecule has 2 rings (SSSR count). The van der Waals surface area contributed by atoms with Crippen LogP contribution in [0.4, 0.5) is 4.39 Å². The molecule has 1 aliphatic rings. The summed E-state index contributed by atoms with van der Waals surface area (Å²) in [5.74, 6) is 0.893. The number of rotatable bonds is 5. The summed E-state index contributed by atoms with van der Waals surface area (Å²) >= 11 is 0. The van der Waals surface area contributed by atoms with Gasteiger partial charge in [-0.15, -0.1) is 12.4 Å². The Morgan fingerprint density at radius 3 is 2.70 bits per heavy atom. The van der Waals surface area contributed by atoms with E-state index in [0.717, 1.165) is 31.7 Å². The number of phenols is 1. The van der Waals surface area contributed by atoms with Crippen LogP contribution in [-0.2, 0) is 0 Å². The van der Waals surface area contributed by atoms with Crippen LogP contribution in [0.25, 0.3) is 0 Å². The Kier molecular flexibility index (Phi) is 7.05. The third-order valence-corrected chi connectivity index (χ3v) is 3.57. The fraction of sp³-hybridized carbons (Fsp3) is 0.571. The second-order valence-corrected chi connectivity index (χ2v) is 4.70. The van der Waals surface area contributed by atoms with Crippen LogP contribution < -0.4 is 10.1 Å². The van der Waals surface area contributed by atoms with E-state index in [1.807, 2.05) is 0 Å². The molecule has 114 valence electrons. The first-order chi connectivity index (χ1) is 9.26. The quantitative estimate of drug-likeness (QED) is 0.875. The molecule has 1 aliphatic heterocycles. The normalized spacial score (nSPS) is 17.3.